The maximum atomic E-state index is 13.5. The van der Waals surface area contributed by atoms with Crippen molar-refractivity contribution in [3.63, 3.8) is 0 Å². The zero-order valence-corrected chi connectivity index (χ0v) is 23.4. The number of halogens is 6. The fourth-order valence-corrected chi connectivity index (χ4v) is 5.34. The quantitative estimate of drug-likeness (QED) is 0.357. The van der Waals surface area contributed by atoms with Gasteiger partial charge in [-0.25, -0.2) is 4.79 Å². The van der Waals surface area contributed by atoms with E-state index in [1.807, 2.05) is 13.8 Å². The molecule has 0 spiro atoms. The summed E-state index contributed by atoms with van der Waals surface area (Å²) in [6.45, 7) is 3.67. The number of aliphatic carboxylic acids is 1. The van der Waals surface area contributed by atoms with Gasteiger partial charge in [0, 0.05) is 42.3 Å². The summed E-state index contributed by atoms with van der Waals surface area (Å²) in [5.74, 6) is -4.17. The van der Waals surface area contributed by atoms with Crippen LogP contribution in [0.15, 0.2) is 48.8 Å². The largest absolute Gasteiger partial charge is 0.490 e. The molecule has 0 radical (unpaired) electrons. The van der Waals surface area contributed by atoms with Crippen LogP contribution in [0.3, 0.4) is 0 Å². The Bertz CT molecular complexity index is 1400. The smallest absolute Gasteiger partial charge is 0.480 e. The van der Waals surface area contributed by atoms with E-state index in [9.17, 15) is 35.9 Å². The number of fused-ring (bicyclic) bond motifs is 1. The lowest BCUT2D eigenvalue weighted by molar-refractivity contribution is -0.201. The van der Waals surface area contributed by atoms with E-state index >= 15 is 0 Å². The molecule has 1 aromatic carbocycles. The molecule has 44 heavy (non-hydrogen) atoms. The number of carboxylic acid groups (broad SMARTS) is 1. The first kappa shape index (κ1) is 32.5. The summed E-state index contributed by atoms with van der Waals surface area (Å²) < 4.78 is 77.4. The van der Waals surface area contributed by atoms with Crippen molar-refractivity contribution in [2.75, 3.05) is 0 Å². The first-order valence-electron chi connectivity index (χ1n) is 13.4. The van der Waals surface area contributed by atoms with Crippen molar-refractivity contribution in [3.05, 3.63) is 59.9 Å². The number of rotatable bonds is 5. The molecule has 2 aliphatic heterocycles. The van der Waals surface area contributed by atoms with Crippen molar-refractivity contribution in [3.8, 4) is 5.75 Å². The van der Waals surface area contributed by atoms with Gasteiger partial charge in [-0.15, -0.1) is 0 Å². The Kier molecular flexibility index (Phi) is 8.85. The third-order valence-corrected chi connectivity index (χ3v) is 7.38. The Labute approximate surface area is 247 Å². The molecular formula is C28H29F6N5O5. The summed E-state index contributed by atoms with van der Waals surface area (Å²) in [5, 5.41) is 21.5. The van der Waals surface area contributed by atoms with Crippen molar-refractivity contribution in [2.24, 2.45) is 11.8 Å². The fourth-order valence-electron chi connectivity index (χ4n) is 5.34. The van der Waals surface area contributed by atoms with Crippen LogP contribution in [0.4, 0.5) is 26.3 Å². The van der Waals surface area contributed by atoms with E-state index in [4.69, 9.17) is 20.0 Å². The molecule has 10 nitrogen and oxygen atoms in total. The second kappa shape index (κ2) is 12.0. The molecule has 2 amide bonds. The van der Waals surface area contributed by atoms with Crippen LogP contribution in [0.2, 0.25) is 0 Å². The van der Waals surface area contributed by atoms with Gasteiger partial charge in [0.1, 0.15) is 5.75 Å². The number of aromatic nitrogens is 1. The van der Waals surface area contributed by atoms with E-state index in [2.05, 4.69) is 15.6 Å². The second-order valence-corrected chi connectivity index (χ2v) is 11.3. The SMILES string of the molecule is CC1(C)CC(=O)N(C(c2cccnc2)[C@@H]2C[C@H]2C(=O)N[C@H]2C[C@H](C(F)(F)F)Oc3ccccc32)C(=N)N1.O=C(O)C(F)(F)F. The molecule has 5 rings (SSSR count). The highest BCUT2D eigenvalue weighted by atomic mass is 19.4. The second-order valence-electron chi connectivity index (χ2n) is 11.3. The zero-order chi connectivity index (χ0) is 32.6. The van der Waals surface area contributed by atoms with Gasteiger partial charge < -0.3 is 20.5 Å². The molecule has 2 fully saturated rings. The van der Waals surface area contributed by atoms with Crippen molar-refractivity contribution in [1.82, 2.24) is 20.5 Å². The monoisotopic (exact) mass is 629 g/mol. The Morgan fingerprint density at radius 1 is 1.14 bits per heavy atom. The average molecular weight is 630 g/mol. The average Bonchev–Trinajstić information content (AvgIpc) is 3.70. The van der Waals surface area contributed by atoms with Gasteiger partial charge >= 0.3 is 18.3 Å². The molecule has 238 valence electrons. The lowest BCUT2D eigenvalue weighted by Crippen LogP contribution is -2.60. The maximum absolute atomic E-state index is 13.5. The molecule has 1 saturated carbocycles. The minimum Gasteiger partial charge on any atom is -0.480 e. The Hall–Kier alpha value is -4.37. The minimum atomic E-state index is -5.08. The molecule has 4 N–H and O–H groups in total. The minimum absolute atomic E-state index is 0.0486. The van der Waals surface area contributed by atoms with Gasteiger partial charge in [-0.05, 0) is 43.9 Å². The number of para-hydroxylation sites is 1. The van der Waals surface area contributed by atoms with Gasteiger partial charge in [0.15, 0.2) is 12.1 Å². The van der Waals surface area contributed by atoms with Crippen molar-refractivity contribution >= 4 is 23.7 Å². The summed E-state index contributed by atoms with van der Waals surface area (Å²) in [4.78, 5) is 40.9. The van der Waals surface area contributed by atoms with Crippen LogP contribution in [0, 0.1) is 17.2 Å². The number of pyridine rings is 1. The molecule has 3 heterocycles. The number of amides is 2. The maximum Gasteiger partial charge on any atom is 0.490 e. The van der Waals surface area contributed by atoms with Crippen molar-refractivity contribution in [1.29, 1.82) is 5.41 Å². The van der Waals surface area contributed by atoms with Crippen LogP contribution in [0.25, 0.3) is 0 Å². The van der Waals surface area contributed by atoms with Crippen LogP contribution in [0.5, 0.6) is 5.75 Å². The molecule has 1 aliphatic carbocycles. The lowest BCUT2D eigenvalue weighted by atomic mass is 9.93. The molecular weight excluding hydrogens is 600 g/mol. The van der Waals surface area contributed by atoms with E-state index in [1.165, 1.54) is 11.0 Å². The van der Waals surface area contributed by atoms with Crippen molar-refractivity contribution in [2.45, 2.75) is 69.2 Å². The number of guanidine groups is 1. The van der Waals surface area contributed by atoms with E-state index in [-0.39, 0.29) is 35.9 Å². The Balaban J connectivity index is 0.000000566. The number of ether oxygens (including phenoxy) is 1. The van der Waals surface area contributed by atoms with Gasteiger partial charge in [0.25, 0.3) is 0 Å². The molecule has 5 atom stereocenters. The highest BCUT2D eigenvalue weighted by Crippen LogP contribution is 2.51. The number of carbonyl (C=O) groups excluding carboxylic acids is 2. The summed E-state index contributed by atoms with van der Waals surface area (Å²) in [6, 6.07) is 8.46. The fraction of sp³-hybridized carbons (Fsp3) is 0.464. The molecule has 2 aromatic rings. The number of benzene rings is 1. The predicted octanol–water partition coefficient (Wildman–Crippen LogP) is 4.50. The zero-order valence-electron chi connectivity index (χ0n) is 23.4. The number of hydrogen-bond donors (Lipinski definition) is 4. The molecule has 3 aliphatic rings. The molecule has 16 heteroatoms. The van der Waals surface area contributed by atoms with Crippen LogP contribution in [0.1, 0.15) is 56.3 Å². The molecule has 0 bridgehead atoms. The van der Waals surface area contributed by atoms with Crippen LogP contribution < -0.4 is 15.4 Å². The van der Waals surface area contributed by atoms with Gasteiger partial charge in [0.2, 0.25) is 11.8 Å². The highest BCUT2D eigenvalue weighted by molar-refractivity contribution is 5.99. The predicted molar refractivity (Wildman–Crippen MR) is 141 cm³/mol. The van der Waals surface area contributed by atoms with Crippen LogP contribution in [-0.4, -0.2) is 62.7 Å². The van der Waals surface area contributed by atoms with Crippen LogP contribution in [-0.2, 0) is 14.4 Å². The number of alkyl halides is 6. The van der Waals surface area contributed by atoms with Crippen molar-refractivity contribution < 1.29 is 50.6 Å². The summed E-state index contributed by atoms with van der Waals surface area (Å²) in [5.41, 5.74) is 0.614. The van der Waals surface area contributed by atoms with Gasteiger partial charge in [-0.1, -0.05) is 24.3 Å². The Morgan fingerprint density at radius 2 is 1.80 bits per heavy atom. The number of nitrogens with one attached hydrogen (secondary N) is 3. The van der Waals surface area contributed by atoms with E-state index in [1.54, 1.807) is 42.7 Å². The number of carboxylic acids is 1. The normalized spacial score (nSPS) is 24.9. The van der Waals surface area contributed by atoms with Gasteiger partial charge in [-0.3, -0.25) is 24.9 Å². The number of hydrogen-bond acceptors (Lipinski definition) is 6. The Morgan fingerprint density at radius 3 is 2.36 bits per heavy atom. The number of carbonyl (C=O) groups is 3. The highest BCUT2D eigenvalue weighted by Gasteiger charge is 2.54. The van der Waals surface area contributed by atoms with E-state index in [0.717, 1.165) is 0 Å². The third kappa shape index (κ3) is 7.39. The number of nitrogens with zero attached hydrogens (tertiary/aromatic N) is 2. The third-order valence-electron chi connectivity index (χ3n) is 7.38. The molecule has 1 saturated heterocycles. The lowest BCUT2D eigenvalue weighted by Gasteiger charge is -2.42. The van der Waals surface area contributed by atoms with E-state index < -0.39 is 54.4 Å². The topological polar surface area (TPSA) is 145 Å². The summed E-state index contributed by atoms with van der Waals surface area (Å²) >= 11 is 0. The summed E-state index contributed by atoms with van der Waals surface area (Å²) in [6.07, 6.45) is -8.29. The first-order valence-corrected chi connectivity index (χ1v) is 13.4. The molecule has 1 aromatic heterocycles. The van der Waals surface area contributed by atoms with E-state index in [0.29, 0.717) is 17.5 Å². The molecule has 1 unspecified atom stereocenters. The first-order chi connectivity index (χ1) is 20.4. The van der Waals surface area contributed by atoms with Gasteiger partial charge in [0.05, 0.1) is 12.1 Å². The standard InChI is InChI=1S/C26H28F3N5O3.C2HF3O2/c1-25(2)12-21(35)34(24(30)33-25)22(14-6-5-9-31-13-14)16-10-17(16)23(36)32-18-11-20(26(27,28)29)37-19-8-4-3-7-15(18)19;3-2(4,5)1(6)7/h3-9,13,16-18,20,22H,10-12H2,1-2H3,(H2,30,33)(H,32,36);(H,6,7)/t16-,17-,18+,20-,22?;/m1./s1. The summed E-state index contributed by atoms with van der Waals surface area (Å²) in [7, 11) is 0. The van der Waals surface area contributed by atoms with Crippen LogP contribution >= 0.6 is 0 Å². The van der Waals surface area contributed by atoms with Gasteiger partial charge in [-0.2, -0.15) is 26.3 Å².